The first-order valence-corrected chi connectivity index (χ1v) is 9.50. The van der Waals surface area contributed by atoms with Crippen LogP contribution in [0.5, 0.6) is 5.75 Å². The first-order valence-electron chi connectivity index (χ1n) is 9.50. The molecule has 156 valence electrons. The van der Waals surface area contributed by atoms with E-state index in [1.165, 1.54) is 18.2 Å². The summed E-state index contributed by atoms with van der Waals surface area (Å²) < 4.78 is 15.9. The molecule has 3 rings (SSSR count). The van der Waals surface area contributed by atoms with Crippen molar-refractivity contribution < 1.29 is 23.5 Å². The quantitative estimate of drug-likeness (QED) is 0.473. The third kappa shape index (κ3) is 4.86. The van der Waals surface area contributed by atoms with Gasteiger partial charge in [0.1, 0.15) is 17.9 Å². The molecule has 1 aromatic heterocycles. The van der Waals surface area contributed by atoms with Gasteiger partial charge < -0.3 is 19.6 Å². The Kier molecular flexibility index (Phi) is 6.20. The van der Waals surface area contributed by atoms with E-state index in [2.05, 4.69) is 13.8 Å². The molecule has 30 heavy (non-hydrogen) atoms. The van der Waals surface area contributed by atoms with Crippen LogP contribution in [-0.4, -0.2) is 18.5 Å². The van der Waals surface area contributed by atoms with Crippen LogP contribution in [0.3, 0.4) is 0 Å². The maximum Gasteiger partial charge on any atom is 0.338 e. The molecule has 0 spiro atoms. The smallest absolute Gasteiger partial charge is 0.338 e. The van der Waals surface area contributed by atoms with E-state index in [1.807, 2.05) is 19.1 Å². The second-order valence-electron chi connectivity index (χ2n) is 7.31. The zero-order valence-electron chi connectivity index (χ0n) is 17.1. The van der Waals surface area contributed by atoms with Crippen molar-refractivity contribution in [3.63, 3.8) is 0 Å². The molecule has 7 nitrogen and oxygen atoms in total. The maximum absolute atomic E-state index is 12.4. The number of aryl methyl sites for hydroxylation is 1. The van der Waals surface area contributed by atoms with Crippen LogP contribution in [0, 0.1) is 6.92 Å². The van der Waals surface area contributed by atoms with Crippen LogP contribution < -0.4 is 16.1 Å². The van der Waals surface area contributed by atoms with Gasteiger partial charge in [0.05, 0.1) is 5.56 Å². The van der Waals surface area contributed by atoms with Crippen LogP contribution in [0.1, 0.15) is 46.8 Å². The average Bonchev–Trinajstić information content (AvgIpc) is 2.69. The van der Waals surface area contributed by atoms with Crippen LogP contribution in [0.25, 0.3) is 11.0 Å². The number of nitrogens with two attached hydrogens (primary N) is 1. The zero-order chi connectivity index (χ0) is 21.8. The van der Waals surface area contributed by atoms with Crippen LogP contribution in [-0.2, 0) is 16.1 Å². The summed E-state index contributed by atoms with van der Waals surface area (Å²) in [5.41, 5.74) is 8.06. The highest BCUT2D eigenvalue weighted by Gasteiger charge is 2.14. The molecule has 0 saturated heterocycles. The molecule has 0 saturated carbocycles. The summed E-state index contributed by atoms with van der Waals surface area (Å²) in [6, 6.07) is 11.3. The maximum atomic E-state index is 12.4. The molecular formula is C23H23NO6. The second kappa shape index (κ2) is 8.82. The minimum absolute atomic E-state index is 0.0680. The molecule has 0 fully saturated rings. The summed E-state index contributed by atoms with van der Waals surface area (Å²) >= 11 is 0. The molecule has 0 aliphatic carbocycles. The van der Waals surface area contributed by atoms with E-state index in [0.717, 1.165) is 16.5 Å². The van der Waals surface area contributed by atoms with Crippen molar-refractivity contribution >= 4 is 22.8 Å². The van der Waals surface area contributed by atoms with Gasteiger partial charge in [0.15, 0.2) is 6.61 Å². The fourth-order valence-corrected chi connectivity index (χ4v) is 3.20. The van der Waals surface area contributed by atoms with E-state index in [4.69, 9.17) is 19.6 Å². The Hall–Kier alpha value is -3.61. The van der Waals surface area contributed by atoms with Crippen LogP contribution in [0.4, 0.5) is 0 Å². The summed E-state index contributed by atoms with van der Waals surface area (Å²) in [7, 11) is 0. The topological polar surface area (TPSA) is 109 Å². The Bertz CT molecular complexity index is 1140. The molecule has 0 aliphatic rings. The van der Waals surface area contributed by atoms with Gasteiger partial charge in [-0.2, -0.15) is 0 Å². The number of esters is 1. The third-order valence-corrected chi connectivity index (χ3v) is 4.67. The lowest BCUT2D eigenvalue weighted by Gasteiger charge is -2.13. The number of carbonyl (C=O) groups is 2. The van der Waals surface area contributed by atoms with Gasteiger partial charge in [-0.05, 0) is 60.4 Å². The Morgan fingerprint density at radius 3 is 2.43 bits per heavy atom. The first-order chi connectivity index (χ1) is 14.2. The molecule has 3 aromatic rings. The standard InChI is InChI=1S/C23H23NO6/c1-13(2)18-10-19-16(9-22(26)30-20(19)8-14(18)3)11-29-23(27)15-4-6-17(7-5-15)28-12-21(24)25/h4-10,13H,11-12H2,1-3H3,(H2,24,25). The van der Waals surface area contributed by atoms with Gasteiger partial charge in [-0.15, -0.1) is 0 Å². The summed E-state index contributed by atoms with van der Waals surface area (Å²) in [5, 5.41) is 0.742. The Morgan fingerprint density at radius 2 is 1.80 bits per heavy atom. The molecule has 0 bridgehead atoms. The average molecular weight is 409 g/mol. The highest BCUT2D eigenvalue weighted by molar-refractivity contribution is 5.90. The van der Waals surface area contributed by atoms with Crippen molar-refractivity contribution in [2.75, 3.05) is 6.61 Å². The van der Waals surface area contributed by atoms with E-state index in [1.54, 1.807) is 12.1 Å². The van der Waals surface area contributed by atoms with Gasteiger partial charge in [-0.3, -0.25) is 4.79 Å². The normalized spacial score (nSPS) is 10.9. The van der Waals surface area contributed by atoms with E-state index < -0.39 is 17.5 Å². The predicted molar refractivity (Wildman–Crippen MR) is 112 cm³/mol. The van der Waals surface area contributed by atoms with Gasteiger partial charge in [-0.1, -0.05) is 13.8 Å². The number of benzene rings is 2. The molecule has 0 unspecified atom stereocenters. The molecular weight excluding hydrogens is 386 g/mol. The number of fused-ring (bicyclic) bond motifs is 1. The van der Waals surface area contributed by atoms with E-state index in [9.17, 15) is 14.4 Å². The second-order valence-corrected chi connectivity index (χ2v) is 7.31. The van der Waals surface area contributed by atoms with Crippen LogP contribution >= 0.6 is 0 Å². The molecule has 2 aromatic carbocycles. The number of ether oxygens (including phenoxy) is 2. The number of rotatable bonds is 7. The summed E-state index contributed by atoms with van der Waals surface area (Å²) in [5.74, 6) is -0.427. The van der Waals surface area contributed by atoms with E-state index in [0.29, 0.717) is 28.4 Å². The van der Waals surface area contributed by atoms with Gasteiger partial charge in [0.2, 0.25) is 0 Å². The molecule has 0 aliphatic heterocycles. The zero-order valence-corrected chi connectivity index (χ0v) is 17.1. The predicted octanol–water partition coefficient (Wildman–Crippen LogP) is 3.45. The van der Waals surface area contributed by atoms with Gasteiger partial charge >= 0.3 is 11.6 Å². The molecule has 1 heterocycles. The monoisotopic (exact) mass is 409 g/mol. The highest BCUT2D eigenvalue weighted by Crippen LogP contribution is 2.27. The molecule has 0 radical (unpaired) electrons. The van der Waals surface area contributed by atoms with Gasteiger partial charge in [0, 0.05) is 17.0 Å². The van der Waals surface area contributed by atoms with Gasteiger partial charge in [0.25, 0.3) is 5.91 Å². The largest absolute Gasteiger partial charge is 0.484 e. The lowest BCUT2D eigenvalue weighted by molar-refractivity contribution is -0.119. The third-order valence-electron chi connectivity index (χ3n) is 4.67. The summed E-state index contributed by atoms with van der Waals surface area (Å²) in [4.78, 5) is 35.1. The van der Waals surface area contributed by atoms with Crippen molar-refractivity contribution in [2.45, 2.75) is 33.3 Å². The van der Waals surface area contributed by atoms with Crippen LogP contribution in [0.2, 0.25) is 0 Å². The Balaban J connectivity index is 1.79. The number of hydrogen-bond acceptors (Lipinski definition) is 6. The SMILES string of the molecule is Cc1cc2oc(=O)cc(COC(=O)c3ccc(OCC(N)=O)cc3)c2cc1C(C)C. The number of amides is 1. The van der Waals surface area contributed by atoms with Crippen molar-refractivity contribution in [2.24, 2.45) is 5.73 Å². The first kappa shape index (κ1) is 21.1. The molecule has 2 N–H and O–H groups in total. The van der Waals surface area contributed by atoms with Crippen LogP contribution in [0.15, 0.2) is 51.7 Å². The summed E-state index contributed by atoms with van der Waals surface area (Å²) in [6.07, 6.45) is 0. The highest BCUT2D eigenvalue weighted by atomic mass is 16.5. The fourth-order valence-electron chi connectivity index (χ4n) is 3.20. The number of primary amides is 1. The summed E-state index contributed by atoms with van der Waals surface area (Å²) in [6.45, 7) is 5.83. The Morgan fingerprint density at radius 1 is 1.10 bits per heavy atom. The van der Waals surface area contributed by atoms with E-state index >= 15 is 0 Å². The number of hydrogen-bond donors (Lipinski definition) is 1. The van der Waals surface area contributed by atoms with E-state index in [-0.39, 0.29) is 13.2 Å². The molecule has 1 amide bonds. The lowest BCUT2D eigenvalue weighted by Crippen LogP contribution is -2.20. The fraction of sp³-hybridized carbons (Fsp3) is 0.261. The molecule has 7 heteroatoms. The minimum atomic E-state index is -0.589. The van der Waals surface area contributed by atoms with Crippen molar-refractivity contribution in [1.82, 2.24) is 0 Å². The van der Waals surface area contributed by atoms with Gasteiger partial charge in [-0.25, -0.2) is 9.59 Å². The number of carbonyl (C=O) groups excluding carboxylic acids is 2. The molecule has 0 atom stereocenters. The van der Waals surface area contributed by atoms with Crippen molar-refractivity contribution in [1.29, 1.82) is 0 Å². The Labute approximate surface area is 173 Å². The minimum Gasteiger partial charge on any atom is -0.484 e. The van der Waals surface area contributed by atoms with Crippen molar-refractivity contribution in [3.8, 4) is 5.75 Å². The lowest BCUT2D eigenvalue weighted by atomic mass is 9.95. The van der Waals surface area contributed by atoms with Crippen molar-refractivity contribution in [3.05, 3.63) is 75.1 Å².